The smallest absolute Gasteiger partial charge is 0.193 e. The number of rotatable bonds is 4. The second kappa shape index (κ2) is 4.61. The fourth-order valence-electron chi connectivity index (χ4n) is 1.28. The molecule has 1 aromatic heterocycles. The summed E-state index contributed by atoms with van der Waals surface area (Å²) in [6, 6.07) is 7.67. The van der Waals surface area contributed by atoms with Crippen molar-refractivity contribution in [3.05, 3.63) is 30.1 Å². The van der Waals surface area contributed by atoms with Crippen molar-refractivity contribution >= 4 is 5.69 Å². The fraction of sp³-hybridized carbons (Fsp3) is 0.300. The van der Waals surface area contributed by atoms with Gasteiger partial charge in [0.05, 0.1) is 20.7 Å². The van der Waals surface area contributed by atoms with Crippen LogP contribution in [0.15, 0.2) is 24.3 Å². The average molecular weight is 219 g/mol. The van der Waals surface area contributed by atoms with Crippen LogP contribution in [0.1, 0.15) is 5.82 Å². The molecule has 0 saturated heterocycles. The van der Waals surface area contributed by atoms with Crippen LogP contribution in [0.3, 0.4) is 0 Å². The van der Waals surface area contributed by atoms with Crippen molar-refractivity contribution in [3.8, 4) is 5.75 Å². The van der Waals surface area contributed by atoms with E-state index < -0.39 is 0 Å². The molecule has 0 bridgehead atoms. The second-order valence-electron chi connectivity index (χ2n) is 3.28. The Balaban J connectivity index is 1.94. The van der Waals surface area contributed by atoms with Gasteiger partial charge in [0.2, 0.25) is 0 Å². The lowest BCUT2D eigenvalue weighted by Crippen LogP contribution is -2.02. The molecule has 2 aromatic rings. The van der Waals surface area contributed by atoms with Gasteiger partial charge in [-0.2, -0.15) is 4.80 Å². The van der Waals surface area contributed by atoms with Gasteiger partial charge < -0.3 is 10.1 Å². The molecule has 1 aromatic carbocycles. The van der Waals surface area contributed by atoms with Crippen LogP contribution < -0.4 is 10.1 Å². The number of ether oxygens (including phenoxy) is 1. The molecule has 0 atom stereocenters. The van der Waals surface area contributed by atoms with E-state index in [0.29, 0.717) is 12.4 Å². The van der Waals surface area contributed by atoms with Crippen LogP contribution in [-0.4, -0.2) is 27.3 Å². The van der Waals surface area contributed by atoms with Crippen LogP contribution in [0.2, 0.25) is 0 Å². The Morgan fingerprint density at radius 1 is 1.31 bits per heavy atom. The van der Waals surface area contributed by atoms with Gasteiger partial charge >= 0.3 is 0 Å². The van der Waals surface area contributed by atoms with Gasteiger partial charge in [-0.15, -0.1) is 10.2 Å². The van der Waals surface area contributed by atoms with Gasteiger partial charge in [-0.25, -0.2) is 0 Å². The van der Waals surface area contributed by atoms with E-state index >= 15 is 0 Å². The molecule has 0 aliphatic heterocycles. The Bertz CT molecular complexity index is 450. The molecule has 1 N–H and O–H groups in total. The molecule has 0 saturated carbocycles. The first kappa shape index (κ1) is 10.4. The summed E-state index contributed by atoms with van der Waals surface area (Å²) in [6.07, 6.45) is 0. The van der Waals surface area contributed by atoms with E-state index in [2.05, 4.69) is 20.7 Å². The summed E-state index contributed by atoms with van der Waals surface area (Å²) in [6.45, 7) is 0.556. The van der Waals surface area contributed by atoms with Crippen LogP contribution in [0, 0.1) is 0 Å². The zero-order valence-corrected chi connectivity index (χ0v) is 9.21. The van der Waals surface area contributed by atoms with E-state index in [1.807, 2.05) is 24.3 Å². The lowest BCUT2D eigenvalue weighted by atomic mass is 10.3. The molecule has 0 radical (unpaired) electrons. The highest BCUT2D eigenvalue weighted by molar-refractivity contribution is 5.46. The van der Waals surface area contributed by atoms with Gasteiger partial charge in [0.25, 0.3) is 0 Å². The highest BCUT2D eigenvalue weighted by Gasteiger charge is 1.99. The summed E-state index contributed by atoms with van der Waals surface area (Å²) >= 11 is 0. The molecule has 0 aliphatic carbocycles. The molecule has 0 fully saturated rings. The maximum absolute atomic E-state index is 5.07. The normalized spacial score (nSPS) is 10.1. The molecule has 0 unspecified atom stereocenters. The summed E-state index contributed by atoms with van der Waals surface area (Å²) in [5.41, 5.74) is 0.994. The lowest BCUT2D eigenvalue weighted by molar-refractivity contribution is 0.415. The highest BCUT2D eigenvalue weighted by Crippen LogP contribution is 2.15. The minimum Gasteiger partial charge on any atom is -0.497 e. The molecule has 0 spiro atoms. The monoisotopic (exact) mass is 219 g/mol. The van der Waals surface area contributed by atoms with E-state index in [9.17, 15) is 0 Å². The van der Waals surface area contributed by atoms with Gasteiger partial charge in [-0.1, -0.05) is 0 Å². The van der Waals surface area contributed by atoms with E-state index in [1.54, 1.807) is 14.2 Å². The number of hydrogen-bond acceptors (Lipinski definition) is 5. The summed E-state index contributed by atoms with van der Waals surface area (Å²) < 4.78 is 5.07. The standard InChI is InChI=1S/C10H13N5O/c1-15-13-10(12-14-15)7-11-8-3-5-9(16-2)6-4-8/h3-6,11H,7H2,1-2H3. The van der Waals surface area contributed by atoms with E-state index in [1.165, 1.54) is 4.80 Å². The summed E-state index contributed by atoms with van der Waals surface area (Å²) in [4.78, 5) is 1.44. The average Bonchev–Trinajstić information content (AvgIpc) is 2.73. The molecular formula is C10H13N5O. The Morgan fingerprint density at radius 2 is 2.06 bits per heavy atom. The number of aromatic nitrogens is 4. The fourth-order valence-corrected chi connectivity index (χ4v) is 1.28. The number of anilines is 1. The summed E-state index contributed by atoms with van der Waals surface area (Å²) in [5.74, 6) is 1.50. The molecule has 16 heavy (non-hydrogen) atoms. The predicted molar refractivity (Wildman–Crippen MR) is 59.1 cm³/mol. The largest absolute Gasteiger partial charge is 0.497 e. The topological polar surface area (TPSA) is 64.9 Å². The molecule has 84 valence electrons. The van der Waals surface area contributed by atoms with Crippen molar-refractivity contribution in [3.63, 3.8) is 0 Å². The van der Waals surface area contributed by atoms with Crippen LogP contribution in [0.25, 0.3) is 0 Å². The van der Waals surface area contributed by atoms with Crippen LogP contribution >= 0.6 is 0 Å². The number of hydrogen-bond donors (Lipinski definition) is 1. The zero-order valence-electron chi connectivity index (χ0n) is 9.21. The molecule has 0 amide bonds. The van der Waals surface area contributed by atoms with Crippen LogP contribution in [0.4, 0.5) is 5.69 Å². The third-order valence-electron chi connectivity index (χ3n) is 2.09. The molecular weight excluding hydrogens is 206 g/mol. The number of nitrogens with one attached hydrogen (secondary N) is 1. The molecule has 1 heterocycles. The predicted octanol–water partition coefficient (Wildman–Crippen LogP) is 0.831. The summed E-state index contributed by atoms with van der Waals surface area (Å²) in [5, 5.41) is 14.9. The molecule has 2 rings (SSSR count). The number of tetrazole rings is 1. The maximum atomic E-state index is 5.07. The van der Waals surface area contributed by atoms with Crippen LogP contribution in [-0.2, 0) is 13.6 Å². The minimum absolute atomic E-state index is 0.556. The van der Waals surface area contributed by atoms with E-state index in [-0.39, 0.29) is 0 Å². The zero-order chi connectivity index (χ0) is 11.4. The van der Waals surface area contributed by atoms with Crippen molar-refractivity contribution < 1.29 is 4.74 Å². The van der Waals surface area contributed by atoms with Crippen molar-refractivity contribution in [2.75, 3.05) is 12.4 Å². The number of benzene rings is 1. The number of aryl methyl sites for hydroxylation is 1. The number of methoxy groups -OCH3 is 1. The molecule has 6 nitrogen and oxygen atoms in total. The first-order valence-electron chi connectivity index (χ1n) is 4.89. The Labute approximate surface area is 93.2 Å². The molecule has 0 aliphatic rings. The van der Waals surface area contributed by atoms with Crippen molar-refractivity contribution in [1.29, 1.82) is 0 Å². The van der Waals surface area contributed by atoms with Gasteiger partial charge in [0.1, 0.15) is 5.75 Å². The first-order valence-corrected chi connectivity index (χ1v) is 4.89. The Hall–Kier alpha value is -2.11. The third kappa shape index (κ3) is 2.47. The Morgan fingerprint density at radius 3 is 2.62 bits per heavy atom. The second-order valence-corrected chi connectivity index (χ2v) is 3.28. The van der Waals surface area contributed by atoms with E-state index in [0.717, 1.165) is 11.4 Å². The minimum atomic E-state index is 0.556. The summed E-state index contributed by atoms with van der Waals surface area (Å²) in [7, 11) is 3.38. The van der Waals surface area contributed by atoms with Crippen molar-refractivity contribution in [2.45, 2.75) is 6.54 Å². The van der Waals surface area contributed by atoms with E-state index in [4.69, 9.17) is 4.74 Å². The first-order chi connectivity index (χ1) is 7.78. The lowest BCUT2D eigenvalue weighted by Gasteiger charge is -2.04. The van der Waals surface area contributed by atoms with Gasteiger partial charge in [-0.3, -0.25) is 0 Å². The van der Waals surface area contributed by atoms with Gasteiger partial charge in [0, 0.05) is 5.69 Å². The molecule has 6 heteroatoms. The van der Waals surface area contributed by atoms with Crippen LogP contribution in [0.5, 0.6) is 5.75 Å². The van der Waals surface area contributed by atoms with Crippen molar-refractivity contribution in [1.82, 2.24) is 20.2 Å². The Kier molecular flexibility index (Phi) is 3.00. The number of nitrogens with zero attached hydrogens (tertiary/aromatic N) is 4. The van der Waals surface area contributed by atoms with Gasteiger partial charge in [0.15, 0.2) is 5.82 Å². The maximum Gasteiger partial charge on any atom is 0.193 e. The van der Waals surface area contributed by atoms with Gasteiger partial charge in [-0.05, 0) is 29.5 Å². The van der Waals surface area contributed by atoms with Crippen molar-refractivity contribution in [2.24, 2.45) is 7.05 Å². The third-order valence-corrected chi connectivity index (χ3v) is 2.09. The quantitative estimate of drug-likeness (QED) is 0.825. The highest BCUT2D eigenvalue weighted by atomic mass is 16.5. The SMILES string of the molecule is COc1ccc(NCc2nnn(C)n2)cc1.